The second kappa shape index (κ2) is 6.99. The molecule has 0 fully saturated rings. The Morgan fingerprint density at radius 3 is 2.78 bits per heavy atom. The lowest BCUT2D eigenvalue weighted by molar-refractivity contribution is -0.121. The summed E-state index contributed by atoms with van der Waals surface area (Å²) in [6.45, 7) is 4.24. The molecule has 1 aliphatic rings. The summed E-state index contributed by atoms with van der Waals surface area (Å²) in [6, 6.07) is 15.1. The molecule has 0 saturated heterocycles. The summed E-state index contributed by atoms with van der Waals surface area (Å²) in [5, 5.41) is 3.23. The Morgan fingerprint density at radius 1 is 1.13 bits per heavy atom. The Hall–Kier alpha value is -2.09. The van der Waals surface area contributed by atoms with Crippen LogP contribution >= 0.6 is 0 Å². The molecule has 0 aromatic heterocycles. The Labute approximate surface area is 138 Å². The molecule has 0 saturated carbocycles. The third-order valence-electron chi connectivity index (χ3n) is 4.92. The van der Waals surface area contributed by atoms with Gasteiger partial charge in [0.1, 0.15) is 0 Å². The first-order valence-corrected chi connectivity index (χ1v) is 8.57. The van der Waals surface area contributed by atoms with E-state index in [2.05, 4.69) is 61.6 Å². The average Bonchev–Trinajstić information content (AvgIpc) is 2.56. The van der Waals surface area contributed by atoms with Crippen LogP contribution in [0, 0.1) is 13.8 Å². The van der Waals surface area contributed by atoms with E-state index in [1.54, 1.807) is 0 Å². The van der Waals surface area contributed by atoms with Crippen LogP contribution in [0.15, 0.2) is 42.5 Å². The minimum atomic E-state index is 0.157. The molecule has 0 bridgehead atoms. The van der Waals surface area contributed by atoms with Gasteiger partial charge in [-0.3, -0.25) is 4.79 Å². The summed E-state index contributed by atoms with van der Waals surface area (Å²) < 4.78 is 0. The van der Waals surface area contributed by atoms with Crippen molar-refractivity contribution in [2.45, 2.75) is 52.0 Å². The molecule has 1 aliphatic carbocycles. The molecule has 1 N–H and O–H groups in total. The first-order valence-electron chi connectivity index (χ1n) is 8.57. The van der Waals surface area contributed by atoms with Crippen LogP contribution in [0.2, 0.25) is 0 Å². The normalized spacial score (nSPS) is 16.7. The van der Waals surface area contributed by atoms with Crippen molar-refractivity contribution in [2.24, 2.45) is 0 Å². The minimum Gasteiger partial charge on any atom is -0.349 e. The highest BCUT2D eigenvalue weighted by atomic mass is 16.1. The van der Waals surface area contributed by atoms with E-state index in [0.29, 0.717) is 6.42 Å². The number of aryl methyl sites for hydroxylation is 4. The van der Waals surface area contributed by atoms with E-state index in [0.717, 1.165) is 25.7 Å². The first kappa shape index (κ1) is 15.8. The van der Waals surface area contributed by atoms with Crippen molar-refractivity contribution in [3.63, 3.8) is 0 Å². The second-order valence-electron chi connectivity index (χ2n) is 6.63. The summed E-state index contributed by atoms with van der Waals surface area (Å²) in [5.41, 5.74) is 6.53. The van der Waals surface area contributed by atoms with Crippen LogP contribution in [0.5, 0.6) is 0 Å². The fraction of sp³-hybridized carbons (Fsp3) is 0.381. The van der Waals surface area contributed by atoms with Gasteiger partial charge in [0, 0.05) is 6.42 Å². The SMILES string of the molecule is Cc1ccc(CCC(=O)N[C@@H]2CCCc3ccccc32)cc1C. The van der Waals surface area contributed by atoms with Gasteiger partial charge < -0.3 is 5.32 Å². The number of carbonyl (C=O) groups excluding carboxylic acids is 1. The van der Waals surface area contributed by atoms with E-state index in [4.69, 9.17) is 0 Å². The highest BCUT2D eigenvalue weighted by Crippen LogP contribution is 2.29. The molecule has 0 aliphatic heterocycles. The molecule has 2 heteroatoms. The molecule has 1 amide bonds. The molecular formula is C21H25NO. The van der Waals surface area contributed by atoms with Crippen LogP contribution in [0.4, 0.5) is 0 Å². The number of nitrogens with one attached hydrogen (secondary N) is 1. The number of carbonyl (C=O) groups is 1. The van der Waals surface area contributed by atoms with Crippen LogP contribution in [0.3, 0.4) is 0 Å². The van der Waals surface area contributed by atoms with Gasteiger partial charge in [-0.15, -0.1) is 0 Å². The topological polar surface area (TPSA) is 29.1 Å². The zero-order valence-corrected chi connectivity index (χ0v) is 14.1. The Balaban J connectivity index is 1.59. The van der Waals surface area contributed by atoms with Crippen molar-refractivity contribution in [1.82, 2.24) is 5.32 Å². The molecule has 3 rings (SSSR count). The highest BCUT2D eigenvalue weighted by molar-refractivity contribution is 5.76. The van der Waals surface area contributed by atoms with Gasteiger partial charge in [-0.25, -0.2) is 0 Å². The molecule has 2 nitrogen and oxygen atoms in total. The number of benzene rings is 2. The minimum absolute atomic E-state index is 0.157. The average molecular weight is 307 g/mol. The van der Waals surface area contributed by atoms with Crippen molar-refractivity contribution in [1.29, 1.82) is 0 Å². The fourth-order valence-corrected chi connectivity index (χ4v) is 3.39. The van der Waals surface area contributed by atoms with E-state index in [9.17, 15) is 4.79 Å². The van der Waals surface area contributed by atoms with Gasteiger partial charge >= 0.3 is 0 Å². The van der Waals surface area contributed by atoms with Gasteiger partial charge in [0.2, 0.25) is 5.91 Å². The Bertz CT molecular complexity index is 705. The molecule has 2 aromatic rings. The number of rotatable bonds is 4. The van der Waals surface area contributed by atoms with Gasteiger partial charge in [0.25, 0.3) is 0 Å². The van der Waals surface area contributed by atoms with Crippen LogP contribution in [0.25, 0.3) is 0 Å². The number of fused-ring (bicyclic) bond motifs is 1. The van der Waals surface area contributed by atoms with Crippen molar-refractivity contribution < 1.29 is 4.79 Å². The van der Waals surface area contributed by atoms with Gasteiger partial charge in [-0.05, 0) is 67.3 Å². The molecule has 0 spiro atoms. The smallest absolute Gasteiger partial charge is 0.220 e. The Morgan fingerprint density at radius 2 is 1.96 bits per heavy atom. The maximum Gasteiger partial charge on any atom is 0.220 e. The summed E-state index contributed by atoms with van der Waals surface area (Å²) in [4.78, 5) is 12.3. The molecule has 23 heavy (non-hydrogen) atoms. The number of hydrogen-bond donors (Lipinski definition) is 1. The van der Waals surface area contributed by atoms with E-state index in [-0.39, 0.29) is 11.9 Å². The lowest BCUT2D eigenvalue weighted by Crippen LogP contribution is -2.31. The largest absolute Gasteiger partial charge is 0.349 e. The molecule has 1 atom stereocenters. The van der Waals surface area contributed by atoms with Gasteiger partial charge in [0.15, 0.2) is 0 Å². The van der Waals surface area contributed by atoms with Gasteiger partial charge in [0.05, 0.1) is 6.04 Å². The quantitative estimate of drug-likeness (QED) is 0.889. The predicted octanol–water partition coefficient (Wildman–Crippen LogP) is 4.43. The second-order valence-corrected chi connectivity index (χ2v) is 6.63. The van der Waals surface area contributed by atoms with Crippen LogP contribution in [-0.2, 0) is 17.6 Å². The molecule has 0 radical (unpaired) electrons. The van der Waals surface area contributed by atoms with Crippen molar-refractivity contribution >= 4 is 5.91 Å². The van der Waals surface area contributed by atoms with Gasteiger partial charge in [-0.1, -0.05) is 42.5 Å². The third kappa shape index (κ3) is 3.82. The zero-order valence-electron chi connectivity index (χ0n) is 14.1. The van der Waals surface area contributed by atoms with Crippen molar-refractivity contribution in [2.75, 3.05) is 0 Å². The lowest BCUT2D eigenvalue weighted by atomic mass is 9.87. The van der Waals surface area contributed by atoms with E-state index < -0.39 is 0 Å². The number of amides is 1. The summed E-state index contributed by atoms with van der Waals surface area (Å²) in [7, 11) is 0. The van der Waals surface area contributed by atoms with Crippen LogP contribution < -0.4 is 5.32 Å². The first-order chi connectivity index (χ1) is 11.1. The molecule has 0 unspecified atom stereocenters. The lowest BCUT2D eigenvalue weighted by Gasteiger charge is -2.26. The molecule has 120 valence electrons. The van der Waals surface area contributed by atoms with Gasteiger partial charge in [-0.2, -0.15) is 0 Å². The third-order valence-corrected chi connectivity index (χ3v) is 4.92. The molecule has 0 heterocycles. The van der Waals surface area contributed by atoms with E-state index in [1.165, 1.54) is 27.8 Å². The molecular weight excluding hydrogens is 282 g/mol. The summed E-state index contributed by atoms with van der Waals surface area (Å²) in [5.74, 6) is 0.157. The maximum absolute atomic E-state index is 12.3. The van der Waals surface area contributed by atoms with E-state index >= 15 is 0 Å². The monoisotopic (exact) mass is 307 g/mol. The zero-order chi connectivity index (χ0) is 16.2. The maximum atomic E-state index is 12.3. The van der Waals surface area contributed by atoms with Crippen molar-refractivity contribution in [3.05, 3.63) is 70.3 Å². The fourth-order valence-electron chi connectivity index (χ4n) is 3.39. The van der Waals surface area contributed by atoms with E-state index in [1.807, 2.05) is 0 Å². The van der Waals surface area contributed by atoms with Crippen molar-refractivity contribution in [3.8, 4) is 0 Å². The molecule has 2 aromatic carbocycles. The predicted molar refractivity (Wildman–Crippen MR) is 94.5 cm³/mol. The van der Waals surface area contributed by atoms with Crippen LogP contribution in [-0.4, -0.2) is 5.91 Å². The van der Waals surface area contributed by atoms with Crippen LogP contribution in [0.1, 0.15) is 53.1 Å². The Kier molecular flexibility index (Phi) is 4.80. The summed E-state index contributed by atoms with van der Waals surface area (Å²) >= 11 is 0. The summed E-state index contributed by atoms with van der Waals surface area (Å²) in [6.07, 6.45) is 4.69. The number of hydrogen-bond acceptors (Lipinski definition) is 1. The standard InChI is InChI=1S/C21H25NO/c1-15-10-11-17(14-16(15)2)12-13-21(23)22-20-9-5-7-18-6-3-4-8-19(18)20/h3-4,6,8,10-11,14,20H,5,7,9,12-13H2,1-2H3,(H,22,23)/t20-/m1/s1. The highest BCUT2D eigenvalue weighted by Gasteiger charge is 2.21.